The van der Waals surface area contributed by atoms with E-state index >= 15 is 0 Å². The van der Waals surface area contributed by atoms with Gasteiger partial charge in [0.2, 0.25) is 0 Å². The Kier molecular flexibility index (Phi) is 4.89. The van der Waals surface area contributed by atoms with Crippen LogP contribution in [0.1, 0.15) is 6.42 Å². The summed E-state index contributed by atoms with van der Waals surface area (Å²) >= 11 is 4.70. The molecule has 0 aromatic carbocycles. The van der Waals surface area contributed by atoms with E-state index in [2.05, 4.69) is 5.73 Å². The van der Waals surface area contributed by atoms with Crippen LogP contribution in [0, 0.1) is 0 Å². The first-order valence-corrected chi connectivity index (χ1v) is 3.53. The monoisotopic (exact) mass is 181 g/mol. The van der Waals surface area contributed by atoms with Crippen molar-refractivity contribution in [2.75, 3.05) is 13.6 Å². The predicted molar refractivity (Wildman–Crippen MR) is 43.0 cm³/mol. The molecule has 0 radical (unpaired) electrons. The van der Waals surface area contributed by atoms with Crippen molar-refractivity contribution in [2.45, 2.75) is 6.42 Å². The first-order valence-electron chi connectivity index (χ1n) is 3.12. The average molecular weight is 181 g/mol. The summed E-state index contributed by atoms with van der Waals surface area (Å²) in [6.07, 6.45) is -0.475. The predicted octanol–water partition coefficient (Wildman–Crippen LogP) is 0.616. The number of hydrogen-bond donors (Lipinski definition) is 1. The summed E-state index contributed by atoms with van der Waals surface area (Å²) in [4.78, 5) is 1.65. The van der Waals surface area contributed by atoms with Gasteiger partial charge in [-0.05, 0) is 12.5 Å². The number of nitrogens with zero attached hydrogens (tertiary/aromatic N) is 1. The minimum atomic E-state index is -1.65. The zero-order valence-corrected chi connectivity index (χ0v) is 7.13. The lowest BCUT2D eigenvalue weighted by molar-refractivity contribution is -0.226. The highest BCUT2D eigenvalue weighted by atomic mass is 32.1. The second kappa shape index (κ2) is 5.15. The molecule has 5 heteroatoms. The molecule has 0 aromatic heterocycles. The van der Waals surface area contributed by atoms with Crippen LogP contribution in [0.2, 0.25) is 0 Å². The summed E-state index contributed by atoms with van der Waals surface area (Å²) < 4.78 is 23.0. The quantitative estimate of drug-likeness (QED) is 0.647. The molecule has 0 atom stereocenters. The highest BCUT2D eigenvalue weighted by Crippen LogP contribution is 1.99. The minimum absolute atomic E-state index is 0.300. The molecule has 0 aliphatic rings. The summed E-state index contributed by atoms with van der Waals surface area (Å²) in [7, 11) is 1.72. The average Bonchev–Trinajstić information content (AvgIpc) is 1.86. The van der Waals surface area contributed by atoms with Gasteiger partial charge in [0.25, 0.3) is 11.2 Å². The highest BCUT2D eigenvalue weighted by molar-refractivity contribution is 7.79. The molecule has 2 nitrogen and oxygen atoms in total. The van der Waals surface area contributed by atoms with Gasteiger partial charge in [-0.25, -0.2) is 0 Å². The first kappa shape index (κ1) is 10.4. The molecule has 0 unspecified atom stereocenters. The van der Waals surface area contributed by atoms with Gasteiger partial charge in [0.15, 0.2) is 0 Å². The Morgan fingerprint density at radius 1 is 1.64 bits per heavy atom. The Balaban J connectivity index is 3.55. The van der Waals surface area contributed by atoms with Gasteiger partial charge in [-0.1, -0.05) is 0 Å². The van der Waals surface area contributed by atoms with E-state index in [0.29, 0.717) is 18.1 Å². The van der Waals surface area contributed by atoms with E-state index < -0.39 is 6.08 Å². The number of thiocarbonyl (C=S) groups is 1. The fourth-order valence-electron chi connectivity index (χ4n) is 0.492. The standard InChI is InChI=1S/C6H10F2N2S/c1-10(6(9)11)4-2-3-5(7)8/h3H,2,4H2,1H3,(H2,9,11)/p+1. The lowest BCUT2D eigenvalue weighted by Crippen LogP contribution is -2.63. The normalized spacial score (nSPS) is 9.09. The van der Waals surface area contributed by atoms with Crippen molar-refractivity contribution in [3.8, 4) is 0 Å². The van der Waals surface area contributed by atoms with E-state index in [1.807, 2.05) is 0 Å². The van der Waals surface area contributed by atoms with E-state index in [0.717, 1.165) is 6.08 Å². The minimum Gasteiger partial charge on any atom is -0.321 e. The van der Waals surface area contributed by atoms with Gasteiger partial charge in [-0.2, -0.15) is 8.78 Å². The van der Waals surface area contributed by atoms with E-state index in [-0.39, 0.29) is 0 Å². The fourth-order valence-corrected chi connectivity index (χ4v) is 0.583. The number of halogens is 2. The molecule has 64 valence electrons. The van der Waals surface area contributed by atoms with E-state index in [9.17, 15) is 8.78 Å². The Hall–Kier alpha value is -0.550. The van der Waals surface area contributed by atoms with Crippen LogP contribution in [0.5, 0.6) is 0 Å². The summed E-state index contributed by atoms with van der Waals surface area (Å²) in [5, 5.41) is 0.470. The van der Waals surface area contributed by atoms with Crippen molar-refractivity contribution in [3.63, 3.8) is 0 Å². The molecule has 0 saturated carbocycles. The molecular formula is C6H11F2N2S+. The van der Waals surface area contributed by atoms with Crippen LogP contribution in [0.15, 0.2) is 12.2 Å². The summed E-state index contributed by atoms with van der Waals surface area (Å²) in [6, 6.07) is 0. The van der Waals surface area contributed by atoms with Crippen molar-refractivity contribution < 1.29 is 14.5 Å². The summed E-state index contributed by atoms with van der Waals surface area (Å²) in [5.74, 6) is 0. The van der Waals surface area contributed by atoms with Crippen LogP contribution in [-0.2, 0) is 0 Å². The zero-order chi connectivity index (χ0) is 8.85. The smallest absolute Gasteiger partial charge is 0.267 e. The van der Waals surface area contributed by atoms with Crippen LogP contribution in [0.4, 0.5) is 8.78 Å². The Morgan fingerprint density at radius 2 is 2.18 bits per heavy atom. The molecule has 3 N–H and O–H groups in total. The Morgan fingerprint density at radius 3 is 2.55 bits per heavy atom. The van der Waals surface area contributed by atoms with Crippen LogP contribution in [0.3, 0.4) is 0 Å². The number of quaternary nitrogens is 1. The first-order chi connectivity index (χ1) is 5.04. The topological polar surface area (TPSA) is 30.9 Å². The maximum Gasteiger partial charge on any atom is 0.267 e. The van der Waals surface area contributed by atoms with Gasteiger partial charge < -0.3 is 10.6 Å². The van der Waals surface area contributed by atoms with E-state index in [1.165, 1.54) is 0 Å². The number of hydrogen-bond acceptors (Lipinski definition) is 1. The van der Waals surface area contributed by atoms with Gasteiger partial charge in [0, 0.05) is 25.8 Å². The lowest BCUT2D eigenvalue weighted by Gasteiger charge is -2.10. The van der Waals surface area contributed by atoms with E-state index in [1.54, 1.807) is 11.9 Å². The molecule has 0 bridgehead atoms. The molecule has 0 aliphatic heterocycles. The maximum absolute atomic E-state index is 11.5. The number of rotatable bonds is 3. The molecule has 11 heavy (non-hydrogen) atoms. The van der Waals surface area contributed by atoms with Gasteiger partial charge in [0.05, 0.1) is 0 Å². The second-order valence-electron chi connectivity index (χ2n) is 2.10. The molecule has 0 heterocycles. The molecule has 0 saturated heterocycles. The van der Waals surface area contributed by atoms with Gasteiger partial charge >= 0.3 is 0 Å². The van der Waals surface area contributed by atoms with Gasteiger partial charge in [0.1, 0.15) is 0 Å². The summed E-state index contributed by atoms with van der Waals surface area (Å²) in [5.41, 5.74) is 3.49. The van der Waals surface area contributed by atoms with Crippen molar-refractivity contribution in [1.29, 1.82) is 0 Å². The molecular weight excluding hydrogens is 170 g/mol. The lowest BCUT2D eigenvalue weighted by atomic mass is 10.4. The van der Waals surface area contributed by atoms with Crippen LogP contribution in [0.25, 0.3) is 0 Å². The molecule has 0 amide bonds. The van der Waals surface area contributed by atoms with E-state index in [4.69, 9.17) is 12.2 Å². The van der Waals surface area contributed by atoms with Gasteiger partial charge in [-0.3, -0.25) is 0 Å². The molecule has 0 aromatic rings. The largest absolute Gasteiger partial charge is 0.321 e. The van der Waals surface area contributed by atoms with Crippen LogP contribution in [-0.4, -0.2) is 23.6 Å². The van der Waals surface area contributed by atoms with Crippen LogP contribution >= 0.6 is 12.2 Å². The highest BCUT2D eigenvalue weighted by Gasteiger charge is 2.00. The molecule has 0 rings (SSSR count). The molecule has 0 spiro atoms. The van der Waals surface area contributed by atoms with Crippen molar-refractivity contribution >= 4 is 17.3 Å². The zero-order valence-electron chi connectivity index (χ0n) is 6.31. The Labute approximate surface area is 69.7 Å². The fraction of sp³-hybridized carbons (Fsp3) is 0.500. The second-order valence-corrected chi connectivity index (χ2v) is 2.57. The third kappa shape index (κ3) is 5.87. The molecule has 0 aliphatic carbocycles. The van der Waals surface area contributed by atoms with Crippen LogP contribution < -0.4 is 5.73 Å². The van der Waals surface area contributed by atoms with Crippen molar-refractivity contribution in [2.24, 2.45) is 0 Å². The Bertz CT molecular complexity index is 166. The third-order valence-electron chi connectivity index (χ3n) is 1.19. The van der Waals surface area contributed by atoms with Crippen molar-refractivity contribution in [1.82, 2.24) is 4.90 Å². The SMILES string of the molecule is CN(CCC=C(F)F)C([NH3+])=S. The molecule has 0 fully saturated rings. The van der Waals surface area contributed by atoms with Crippen molar-refractivity contribution in [3.05, 3.63) is 12.2 Å². The third-order valence-corrected chi connectivity index (χ3v) is 1.50. The maximum atomic E-state index is 11.5. The summed E-state index contributed by atoms with van der Waals surface area (Å²) in [6.45, 7) is 0.486. The van der Waals surface area contributed by atoms with Gasteiger partial charge in [-0.15, -0.1) is 0 Å².